The van der Waals surface area contributed by atoms with Gasteiger partial charge in [-0.05, 0) is 48.4 Å². The number of amides is 1. The molecule has 2 aromatic heterocycles. The topological polar surface area (TPSA) is 80.0 Å². The molecule has 25 heavy (non-hydrogen) atoms. The second-order valence-electron chi connectivity index (χ2n) is 5.37. The Kier molecular flexibility index (Phi) is 5.36. The molecule has 7 heteroatoms. The summed E-state index contributed by atoms with van der Waals surface area (Å²) in [5.41, 5.74) is 1.26. The quantitative estimate of drug-likeness (QED) is 0.691. The molecule has 0 spiro atoms. The molecule has 0 atom stereocenters. The maximum Gasteiger partial charge on any atom is 0.272 e. The van der Waals surface area contributed by atoms with Crippen LogP contribution in [-0.2, 0) is 13.0 Å². The van der Waals surface area contributed by atoms with Gasteiger partial charge in [-0.25, -0.2) is 4.39 Å². The van der Waals surface area contributed by atoms with Crippen molar-refractivity contribution in [3.05, 3.63) is 77.6 Å². The maximum atomic E-state index is 12.8. The molecule has 0 radical (unpaired) electrons. The van der Waals surface area contributed by atoms with Gasteiger partial charge in [-0.3, -0.25) is 4.79 Å². The first kappa shape index (κ1) is 16.6. The number of carbonyl (C=O) groups is 1. The first-order valence-electron chi connectivity index (χ1n) is 7.83. The summed E-state index contributed by atoms with van der Waals surface area (Å²) in [6.45, 7) is 0.926. The number of furan rings is 1. The van der Waals surface area contributed by atoms with Crippen LogP contribution in [0.4, 0.5) is 10.2 Å². The minimum Gasteiger partial charge on any atom is -0.467 e. The Bertz CT molecular complexity index is 802. The van der Waals surface area contributed by atoms with Crippen molar-refractivity contribution in [1.29, 1.82) is 0 Å². The lowest BCUT2D eigenvalue weighted by Gasteiger charge is -2.06. The summed E-state index contributed by atoms with van der Waals surface area (Å²) in [4.78, 5) is 12.0. The molecule has 0 fully saturated rings. The SMILES string of the molecule is O=C(NCc1ccco1)c1ccc(NCCc2ccc(F)cc2)nn1. The number of benzene rings is 1. The van der Waals surface area contributed by atoms with Crippen LogP contribution in [0.3, 0.4) is 0 Å². The maximum absolute atomic E-state index is 12.8. The third-order valence-electron chi connectivity index (χ3n) is 3.53. The van der Waals surface area contributed by atoms with E-state index in [-0.39, 0.29) is 17.4 Å². The van der Waals surface area contributed by atoms with Crippen molar-refractivity contribution in [3.63, 3.8) is 0 Å². The lowest BCUT2D eigenvalue weighted by atomic mass is 10.1. The van der Waals surface area contributed by atoms with Crippen molar-refractivity contribution < 1.29 is 13.6 Å². The van der Waals surface area contributed by atoms with Gasteiger partial charge in [-0.2, -0.15) is 0 Å². The Morgan fingerprint density at radius 2 is 1.92 bits per heavy atom. The normalized spacial score (nSPS) is 10.4. The van der Waals surface area contributed by atoms with E-state index in [9.17, 15) is 9.18 Å². The first-order chi connectivity index (χ1) is 12.2. The van der Waals surface area contributed by atoms with Crippen molar-refractivity contribution in [3.8, 4) is 0 Å². The third-order valence-corrected chi connectivity index (χ3v) is 3.53. The minimum absolute atomic E-state index is 0.232. The van der Waals surface area contributed by atoms with Crippen LogP contribution in [0.1, 0.15) is 21.8 Å². The molecular weight excluding hydrogens is 323 g/mol. The van der Waals surface area contributed by atoms with Crippen LogP contribution in [0.15, 0.2) is 59.2 Å². The highest BCUT2D eigenvalue weighted by molar-refractivity contribution is 5.92. The minimum atomic E-state index is -0.318. The smallest absolute Gasteiger partial charge is 0.272 e. The molecule has 0 aliphatic carbocycles. The Balaban J connectivity index is 1.46. The predicted octanol–water partition coefficient (Wildman–Crippen LogP) is 2.79. The van der Waals surface area contributed by atoms with E-state index in [1.54, 1.807) is 42.7 Å². The summed E-state index contributed by atoms with van der Waals surface area (Å²) in [6, 6.07) is 13.2. The van der Waals surface area contributed by atoms with Gasteiger partial charge < -0.3 is 15.1 Å². The lowest BCUT2D eigenvalue weighted by Crippen LogP contribution is -2.24. The highest BCUT2D eigenvalue weighted by Gasteiger charge is 2.08. The van der Waals surface area contributed by atoms with Gasteiger partial charge in [0.2, 0.25) is 0 Å². The van der Waals surface area contributed by atoms with E-state index in [0.717, 1.165) is 12.0 Å². The molecule has 0 unspecified atom stereocenters. The van der Waals surface area contributed by atoms with Gasteiger partial charge in [0.15, 0.2) is 5.69 Å². The fourth-order valence-electron chi connectivity index (χ4n) is 2.20. The molecule has 2 N–H and O–H groups in total. The fraction of sp³-hybridized carbons (Fsp3) is 0.167. The average Bonchev–Trinajstić information content (AvgIpc) is 3.15. The van der Waals surface area contributed by atoms with Gasteiger partial charge >= 0.3 is 0 Å². The van der Waals surface area contributed by atoms with Crippen LogP contribution < -0.4 is 10.6 Å². The Hall–Kier alpha value is -3.22. The molecule has 0 saturated heterocycles. The summed E-state index contributed by atoms with van der Waals surface area (Å²) in [5.74, 6) is 0.676. The predicted molar refractivity (Wildman–Crippen MR) is 90.5 cm³/mol. The Labute approximate surface area is 144 Å². The molecule has 3 rings (SSSR count). The monoisotopic (exact) mass is 340 g/mol. The van der Waals surface area contributed by atoms with Crippen molar-refractivity contribution in [2.45, 2.75) is 13.0 Å². The summed E-state index contributed by atoms with van der Waals surface area (Å²) >= 11 is 0. The van der Waals surface area contributed by atoms with E-state index >= 15 is 0 Å². The van der Waals surface area contributed by atoms with Crippen molar-refractivity contribution in [2.24, 2.45) is 0 Å². The second-order valence-corrected chi connectivity index (χ2v) is 5.37. The zero-order valence-corrected chi connectivity index (χ0v) is 13.4. The van der Waals surface area contributed by atoms with Crippen LogP contribution in [0.25, 0.3) is 0 Å². The molecular formula is C18H17FN4O2. The molecule has 0 aliphatic heterocycles. The largest absolute Gasteiger partial charge is 0.467 e. The molecule has 1 aromatic carbocycles. The van der Waals surface area contributed by atoms with E-state index in [1.807, 2.05) is 0 Å². The van der Waals surface area contributed by atoms with E-state index in [1.165, 1.54) is 12.1 Å². The van der Waals surface area contributed by atoms with Gasteiger partial charge in [0, 0.05) is 6.54 Å². The fourth-order valence-corrected chi connectivity index (χ4v) is 2.20. The third kappa shape index (κ3) is 4.87. The summed E-state index contributed by atoms with van der Waals surface area (Å²) in [6.07, 6.45) is 2.28. The Morgan fingerprint density at radius 1 is 1.08 bits per heavy atom. The van der Waals surface area contributed by atoms with Crippen LogP contribution in [0.5, 0.6) is 0 Å². The van der Waals surface area contributed by atoms with E-state index in [2.05, 4.69) is 20.8 Å². The number of anilines is 1. The van der Waals surface area contributed by atoms with Gasteiger partial charge in [0.05, 0.1) is 12.8 Å². The zero-order chi connectivity index (χ0) is 17.5. The van der Waals surface area contributed by atoms with Gasteiger partial charge in [0.1, 0.15) is 17.4 Å². The number of rotatable bonds is 7. The lowest BCUT2D eigenvalue weighted by molar-refractivity contribution is 0.0942. The molecule has 128 valence electrons. The van der Waals surface area contributed by atoms with E-state index in [4.69, 9.17) is 4.42 Å². The number of hydrogen-bond donors (Lipinski definition) is 2. The number of aromatic nitrogens is 2. The molecule has 3 aromatic rings. The highest BCUT2D eigenvalue weighted by atomic mass is 19.1. The second kappa shape index (κ2) is 8.05. The van der Waals surface area contributed by atoms with E-state index in [0.29, 0.717) is 24.7 Å². The number of nitrogens with zero attached hydrogens (tertiary/aromatic N) is 2. The van der Waals surface area contributed by atoms with Crippen molar-refractivity contribution in [1.82, 2.24) is 15.5 Å². The van der Waals surface area contributed by atoms with Gasteiger partial charge in [-0.1, -0.05) is 12.1 Å². The van der Waals surface area contributed by atoms with Crippen LogP contribution in [-0.4, -0.2) is 22.6 Å². The Morgan fingerprint density at radius 3 is 2.60 bits per heavy atom. The van der Waals surface area contributed by atoms with Crippen molar-refractivity contribution in [2.75, 3.05) is 11.9 Å². The number of hydrogen-bond acceptors (Lipinski definition) is 5. The highest BCUT2D eigenvalue weighted by Crippen LogP contribution is 2.06. The average molecular weight is 340 g/mol. The number of nitrogens with one attached hydrogen (secondary N) is 2. The van der Waals surface area contributed by atoms with Crippen molar-refractivity contribution >= 4 is 11.7 Å². The summed E-state index contributed by atoms with van der Waals surface area (Å²) in [7, 11) is 0. The van der Waals surface area contributed by atoms with Crippen LogP contribution in [0, 0.1) is 5.82 Å². The summed E-state index contributed by atoms with van der Waals surface area (Å²) in [5, 5.41) is 13.7. The number of halogens is 1. The zero-order valence-electron chi connectivity index (χ0n) is 13.4. The summed E-state index contributed by atoms with van der Waals surface area (Å²) < 4.78 is 18.0. The van der Waals surface area contributed by atoms with Gasteiger partial charge in [0.25, 0.3) is 5.91 Å². The first-order valence-corrected chi connectivity index (χ1v) is 7.83. The van der Waals surface area contributed by atoms with Crippen LogP contribution in [0.2, 0.25) is 0 Å². The molecule has 1 amide bonds. The molecule has 2 heterocycles. The van der Waals surface area contributed by atoms with Crippen LogP contribution >= 0.6 is 0 Å². The molecule has 0 saturated carbocycles. The standard InChI is InChI=1S/C18H17FN4O2/c19-14-5-3-13(4-6-14)9-10-20-17-8-7-16(22-23-17)18(24)21-12-15-2-1-11-25-15/h1-8,11H,9-10,12H2,(H,20,23)(H,21,24). The van der Waals surface area contributed by atoms with E-state index < -0.39 is 0 Å². The van der Waals surface area contributed by atoms with Gasteiger partial charge in [-0.15, -0.1) is 10.2 Å². The molecule has 0 bridgehead atoms. The number of carbonyl (C=O) groups excluding carboxylic acids is 1. The molecule has 0 aliphatic rings. The molecule has 6 nitrogen and oxygen atoms in total.